The van der Waals surface area contributed by atoms with Gasteiger partial charge in [-0.25, -0.2) is 0 Å². The van der Waals surface area contributed by atoms with E-state index in [4.69, 9.17) is 0 Å². The summed E-state index contributed by atoms with van der Waals surface area (Å²) in [5.74, 6) is 0. The van der Waals surface area contributed by atoms with Crippen LogP contribution in [0.1, 0.15) is 0 Å². The van der Waals surface area contributed by atoms with Gasteiger partial charge >= 0.3 is 0 Å². The maximum Gasteiger partial charge on any atom is 0.173 e. The minimum atomic E-state index is 0.593. The summed E-state index contributed by atoms with van der Waals surface area (Å²) in [4.78, 5) is 0. The van der Waals surface area contributed by atoms with Crippen LogP contribution in [0.15, 0.2) is 12.4 Å². The molecule has 2 unspecified atom stereocenters. The largest absolute Gasteiger partial charge is 0.252 e. The highest BCUT2D eigenvalue weighted by atomic mass is 32.0. The van der Waals surface area contributed by atoms with Gasteiger partial charge < -0.3 is 0 Å². The summed E-state index contributed by atoms with van der Waals surface area (Å²) < 4.78 is 1.94. The maximum atomic E-state index is 4.16. The monoisotopic (exact) mass is 172 g/mol. The summed E-state index contributed by atoms with van der Waals surface area (Å²) in [5.41, 5.74) is 1.31. The van der Waals surface area contributed by atoms with Crippen LogP contribution in [0.4, 0.5) is 0 Å². The van der Waals surface area contributed by atoms with Gasteiger partial charge in [0.25, 0.3) is 0 Å². The summed E-state index contributed by atoms with van der Waals surface area (Å²) in [6, 6.07) is 0. The standard InChI is InChI=1S/C5H11BN2P2/c1-6(2)5-3-7-8(4-5)10-9/h3-4,10H,9H2,1-2H3. The van der Waals surface area contributed by atoms with Gasteiger partial charge in [0.05, 0.1) is 0 Å². The first-order chi connectivity index (χ1) is 4.74. The number of rotatable bonds is 2. The minimum Gasteiger partial charge on any atom is -0.252 e. The molecular weight excluding hydrogens is 161 g/mol. The SMILES string of the molecule is CB(C)c1cnn(PP)c1. The highest BCUT2D eigenvalue weighted by Crippen LogP contribution is 2.19. The van der Waals surface area contributed by atoms with Crippen LogP contribution < -0.4 is 5.46 Å². The molecule has 1 heterocycles. The molecule has 0 aliphatic heterocycles. The van der Waals surface area contributed by atoms with E-state index >= 15 is 0 Å². The molecule has 0 radical (unpaired) electrons. The van der Waals surface area contributed by atoms with Gasteiger partial charge in [-0.2, -0.15) is 5.10 Å². The van der Waals surface area contributed by atoms with Crippen LogP contribution in [-0.2, 0) is 0 Å². The van der Waals surface area contributed by atoms with E-state index in [1.165, 1.54) is 5.46 Å². The van der Waals surface area contributed by atoms with Crippen molar-refractivity contribution in [3.05, 3.63) is 12.4 Å². The van der Waals surface area contributed by atoms with Crippen molar-refractivity contribution >= 4 is 29.5 Å². The zero-order valence-corrected chi connectivity index (χ0v) is 8.36. The van der Waals surface area contributed by atoms with Gasteiger partial charge in [0.2, 0.25) is 0 Å². The summed E-state index contributed by atoms with van der Waals surface area (Å²) in [7, 11) is 3.33. The van der Waals surface area contributed by atoms with Crippen molar-refractivity contribution in [2.45, 2.75) is 13.6 Å². The Hall–Kier alpha value is 0.135. The van der Waals surface area contributed by atoms with Gasteiger partial charge in [-0.15, -0.1) is 0 Å². The van der Waals surface area contributed by atoms with Crippen molar-refractivity contribution < 1.29 is 0 Å². The lowest BCUT2D eigenvalue weighted by molar-refractivity contribution is 1.01. The lowest BCUT2D eigenvalue weighted by atomic mass is 9.50. The van der Waals surface area contributed by atoms with Crippen LogP contribution in [0.25, 0.3) is 0 Å². The van der Waals surface area contributed by atoms with Crippen LogP contribution in [0, 0.1) is 0 Å². The molecular formula is C5H11BN2P2. The van der Waals surface area contributed by atoms with Crippen molar-refractivity contribution in [1.29, 1.82) is 0 Å². The van der Waals surface area contributed by atoms with Crippen LogP contribution >= 0.6 is 17.3 Å². The number of nitrogens with zero attached hydrogens (tertiary/aromatic N) is 2. The molecule has 2 nitrogen and oxygen atoms in total. The molecule has 0 bridgehead atoms. The Morgan fingerprint density at radius 2 is 2.40 bits per heavy atom. The van der Waals surface area contributed by atoms with E-state index in [1.54, 1.807) is 0 Å². The second kappa shape index (κ2) is 3.50. The molecule has 0 aliphatic rings. The fourth-order valence-electron chi connectivity index (χ4n) is 0.705. The molecule has 0 fully saturated rings. The van der Waals surface area contributed by atoms with Gasteiger partial charge in [-0.1, -0.05) is 22.6 Å². The molecule has 0 saturated carbocycles. The van der Waals surface area contributed by atoms with E-state index in [2.05, 4.69) is 33.9 Å². The van der Waals surface area contributed by atoms with E-state index < -0.39 is 0 Å². The highest BCUT2D eigenvalue weighted by Gasteiger charge is 2.03. The Kier molecular flexibility index (Phi) is 2.89. The van der Waals surface area contributed by atoms with Crippen molar-refractivity contribution in [3.63, 3.8) is 0 Å². The molecule has 0 aromatic carbocycles. The minimum absolute atomic E-state index is 0.593. The molecule has 1 aromatic rings. The third kappa shape index (κ3) is 1.81. The smallest absolute Gasteiger partial charge is 0.173 e. The molecule has 0 N–H and O–H groups in total. The Labute approximate surface area is 65.8 Å². The quantitative estimate of drug-likeness (QED) is 0.481. The first-order valence-electron chi connectivity index (χ1n) is 3.25. The first kappa shape index (κ1) is 8.23. The lowest BCUT2D eigenvalue weighted by Gasteiger charge is -1.93. The molecule has 1 aromatic heterocycles. The van der Waals surface area contributed by atoms with Crippen molar-refractivity contribution in [3.8, 4) is 0 Å². The highest BCUT2D eigenvalue weighted by molar-refractivity contribution is 8.01. The Balaban J connectivity index is 2.78. The molecule has 0 saturated heterocycles. The Morgan fingerprint density at radius 3 is 2.70 bits per heavy atom. The predicted octanol–water partition coefficient (Wildman–Crippen LogP) is 1.08. The van der Waals surface area contributed by atoms with Crippen molar-refractivity contribution in [1.82, 2.24) is 9.55 Å². The molecule has 2 atom stereocenters. The Morgan fingerprint density at radius 1 is 1.70 bits per heavy atom. The number of hydrogen-bond donors (Lipinski definition) is 0. The topological polar surface area (TPSA) is 17.8 Å². The molecule has 0 spiro atoms. The van der Waals surface area contributed by atoms with E-state index in [0.717, 1.165) is 0 Å². The summed E-state index contributed by atoms with van der Waals surface area (Å²) >= 11 is 0. The Bertz CT molecular complexity index is 211. The third-order valence-corrected chi connectivity index (χ3v) is 2.70. The molecule has 5 heteroatoms. The molecule has 1 rings (SSSR count). The van der Waals surface area contributed by atoms with Crippen molar-refractivity contribution in [2.24, 2.45) is 0 Å². The van der Waals surface area contributed by atoms with Gasteiger partial charge in [0.15, 0.2) is 6.71 Å². The number of aromatic nitrogens is 2. The van der Waals surface area contributed by atoms with Gasteiger partial charge in [0.1, 0.15) is 0 Å². The molecule has 10 heavy (non-hydrogen) atoms. The van der Waals surface area contributed by atoms with Crippen molar-refractivity contribution in [2.75, 3.05) is 0 Å². The lowest BCUT2D eigenvalue weighted by Crippen LogP contribution is -2.20. The van der Waals surface area contributed by atoms with Crippen LogP contribution in [0.5, 0.6) is 0 Å². The second-order valence-corrected chi connectivity index (χ2v) is 3.99. The average Bonchev–Trinajstić information content (AvgIpc) is 2.34. The number of hydrogen-bond acceptors (Lipinski definition) is 1. The van der Waals surface area contributed by atoms with Crippen LogP contribution in [0.2, 0.25) is 13.6 Å². The third-order valence-electron chi connectivity index (χ3n) is 1.40. The van der Waals surface area contributed by atoms with E-state index in [1.807, 2.05) is 10.6 Å². The zero-order valence-electron chi connectivity index (χ0n) is 6.20. The second-order valence-electron chi connectivity index (χ2n) is 2.50. The van der Waals surface area contributed by atoms with Crippen LogP contribution in [-0.4, -0.2) is 16.3 Å². The van der Waals surface area contributed by atoms with Gasteiger partial charge in [0, 0.05) is 20.8 Å². The van der Waals surface area contributed by atoms with Crippen LogP contribution in [0.3, 0.4) is 0 Å². The van der Waals surface area contributed by atoms with E-state index in [-0.39, 0.29) is 0 Å². The normalized spacial score (nSPS) is 11.1. The summed E-state index contributed by atoms with van der Waals surface area (Å²) in [6.07, 6.45) is 4.03. The van der Waals surface area contributed by atoms with Gasteiger partial charge in [-0.05, 0) is 5.46 Å². The molecule has 54 valence electrons. The molecule has 0 aliphatic carbocycles. The predicted molar refractivity (Wildman–Crippen MR) is 52.8 cm³/mol. The maximum absolute atomic E-state index is 4.16. The fraction of sp³-hybridized carbons (Fsp3) is 0.400. The van der Waals surface area contributed by atoms with E-state index in [9.17, 15) is 0 Å². The van der Waals surface area contributed by atoms with Gasteiger partial charge in [-0.3, -0.25) is 4.45 Å². The first-order valence-corrected chi connectivity index (χ1v) is 6.01. The average molecular weight is 172 g/mol. The summed E-state index contributed by atoms with van der Waals surface area (Å²) in [6.45, 7) is 4.94. The van der Waals surface area contributed by atoms with E-state index in [0.29, 0.717) is 15.1 Å². The fourth-order valence-corrected chi connectivity index (χ4v) is 1.48. The zero-order chi connectivity index (χ0) is 7.56. The summed E-state index contributed by atoms with van der Waals surface area (Å²) in [5, 5.41) is 4.16. The molecule has 0 amide bonds.